The Morgan fingerprint density at radius 1 is 0.468 bits per heavy atom. The van der Waals surface area contributed by atoms with Crippen LogP contribution in [0, 0.1) is 38.5 Å². The fourth-order valence-corrected chi connectivity index (χ4v) is 11.2. The highest BCUT2D eigenvalue weighted by Crippen LogP contribution is 2.43. The van der Waals surface area contributed by atoms with Gasteiger partial charge in [-0.1, -0.05) is 178 Å². The van der Waals surface area contributed by atoms with Gasteiger partial charge in [0.15, 0.2) is 12.2 Å². The summed E-state index contributed by atoms with van der Waals surface area (Å²) >= 11 is 0. The maximum absolute atomic E-state index is 11.9. The van der Waals surface area contributed by atoms with Crippen LogP contribution >= 0.6 is 0 Å². The average molecular weight is 1050 g/mol. The summed E-state index contributed by atoms with van der Waals surface area (Å²) in [5.74, 6) is -1.92. The second-order valence-corrected chi connectivity index (χ2v) is 23.7. The van der Waals surface area contributed by atoms with Crippen LogP contribution in [0.2, 0.25) is 0 Å². The molecule has 4 unspecified atom stereocenters. The van der Waals surface area contributed by atoms with Crippen molar-refractivity contribution in [2.45, 2.75) is 184 Å². The average Bonchev–Trinajstić information content (AvgIpc) is 3.40. The van der Waals surface area contributed by atoms with Crippen molar-refractivity contribution in [1.82, 2.24) is 0 Å². The van der Waals surface area contributed by atoms with Gasteiger partial charge in [-0.15, -0.1) is 0 Å². The molecule has 414 valence electrons. The molecule has 0 aliphatic heterocycles. The Kier molecular flexibility index (Phi) is 21.1. The molecule has 0 aliphatic rings. The minimum Gasteiger partial charge on any atom is -0.479 e. The minimum atomic E-state index is -1.54. The number of aliphatic carboxylic acids is 1. The van der Waals surface area contributed by atoms with Gasteiger partial charge in [-0.25, -0.2) is 9.59 Å². The molecule has 4 atom stereocenters. The van der Waals surface area contributed by atoms with Crippen LogP contribution in [0.1, 0.15) is 187 Å². The number of esters is 1. The second-order valence-electron chi connectivity index (χ2n) is 23.7. The summed E-state index contributed by atoms with van der Waals surface area (Å²) in [6.45, 7) is 30.0. The largest absolute Gasteiger partial charge is 0.479 e. The molecule has 0 saturated carbocycles. The molecule has 8 nitrogen and oxygen atoms in total. The molecule has 0 aliphatic carbocycles. The van der Waals surface area contributed by atoms with E-state index in [1.807, 2.05) is 24.3 Å². The molecular weight excluding hydrogens is 957 g/mol. The van der Waals surface area contributed by atoms with E-state index in [1.54, 1.807) is 24.3 Å². The first-order chi connectivity index (χ1) is 36.2. The van der Waals surface area contributed by atoms with Crippen molar-refractivity contribution < 1.29 is 39.9 Å². The number of carbonyl (C=O) groups is 2. The smallest absolute Gasteiger partial charge is 0.339 e. The SMILES string of the molecule is CCC(CC)(c1ccc(CCC(O)C(C)(C)C)c(C)c1)c1ccc(-c2cccc(C(O)C(=O)O)c2)c(C)c1.CCC(CC)(c1ccc(CCC(O)C(C)(C)C)c(C)c1)c1ccc(-c2cccc(C(O)C(=O)OC)c2)c(C)c1. The standard InChI is InChI=1S/C35H46O4.C34H44O4/c1-9-35(10-2,28-16-14-25(23(3)20-28)15-19-31(36)34(5,6)7)29-17-18-30(24(4)21-29)26-12-11-13-27(22-26)32(37)33(38)39-8;1-8-34(9-2,27-15-13-24(22(3)19-27)14-18-30(35)33(5,6)7)28-16-17-29(23(4)20-28)25-11-10-12-26(21-25)31(36)32(37)38/h11-14,16-18,20-22,31-32,36-37H,9-10,15,19H2,1-8H3;10-13,15-17,19-21,30-31,35-36H,8-9,14,18H2,1-7H3,(H,37,38). The Balaban J connectivity index is 0.000000284. The predicted octanol–water partition coefficient (Wildman–Crippen LogP) is 15.2. The number of ether oxygens (including phenoxy) is 1. The molecule has 0 radical (unpaired) electrons. The lowest BCUT2D eigenvalue weighted by Crippen LogP contribution is -2.27. The van der Waals surface area contributed by atoms with Gasteiger partial charge in [-0.2, -0.15) is 0 Å². The van der Waals surface area contributed by atoms with E-state index in [2.05, 4.69) is 170 Å². The summed E-state index contributed by atoms with van der Waals surface area (Å²) in [6, 6.07) is 41.5. The molecule has 6 aromatic carbocycles. The molecule has 0 saturated heterocycles. The quantitative estimate of drug-likeness (QED) is 0.0476. The molecule has 6 aromatic rings. The van der Waals surface area contributed by atoms with E-state index in [1.165, 1.54) is 51.6 Å². The first kappa shape index (κ1) is 61.9. The topological polar surface area (TPSA) is 145 Å². The number of carboxylic acid groups (broad SMARTS) is 1. The maximum atomic E-state index is 11.9. The van der Waals surface area contributed by atoms with E-state index < -0.39 is 24.1 Å². The Morgan fingerprint density at radius 2 is 0.805 bits per heavy atom. The highest BCUT2D eigenvalue weighted by Gasteiger charge is 2.34. The Bertz CT molecular complexity index is 2940. The van der Waals surface area contributed by atoms with Gasteiger partial charge in [0, 0.05) is 10.8 Å². The van der Waals surface area contributed by atoms with Crippen molar-refractivity contribution >= 4 is 11.9 Å². The number of aliphatic hydroxyl groups is 4. The Labute approximate surface area is 461 Å². The number of aliphatic hydroxyl groups excluding tert-OH is 4. The minimum absolute atomic E-state index is 0.111. The van der Waals surface area contributed by atoms with Gasteiger partial charge in [0.2, 0.25) is 0 Å². The van der Waals surface area contributed by atoms with Crippen molar-refractivity contribution in [2.75, 3.05) is 7.11 Å². The number of rotatable bonds is 20. The summed E-state index contributed by atoms with van der Waals surface area (Å²) in [7, 11) is 1.28. The highest BCUT2D eigenvalue weighted by atomic mass is 16.5. The van der Waals surface area contributed by atoms with E-state index in [4.69, 9.17) is 4.74 Å². The normalized spacial score (nSPS) is 13.8. The van der Waals surface area contributed by atoms with Crippen molar-refractivity contribution in [3.63, 3.8) is 0 Å². The first-order valence-corrected chi connectivity index (χ1v) is 27.9. The van der Waals surface area contributed by atoms with Crippen molar-refractivity contribution in [3.8, 4) is 22.3 Å². The summed E-state index contributed by atoms with van der Waals surface area (Å²) in [4.78, 5) is 23.1. The molecule has 0 heterocycles. The van der Waals surface area contributed by atoms with E-state index in [9.17, 15) is 35.1 Å². The van der Waals surface area contributed by atoms with Gasteiger partial charge in [-0.05, 0) is 191 Å². The predicted molar refractivity (Wildman–Crippen MR) is 315 cm³/mol. The van der Waals surface area contributed by atoms with Crippen molar-refractivity contribution in [2.24, 2.45) is 10.8 Å². The molecule has 77 heavy (non-hydrogen) atoms. The summed E-state index contributed by atoms with van der Waals surface area (Å²) in [5.41, 5.74) is 16.9. The first-order valence-electron chi connectivity index (χ1n) is 27.9. The van der Waals surface area contributed by atoms with Gasteiger partial charge in [0.05, 0.1) is 19.3 Å². The van der Waals surface area contributed by atoms with Crippen LogP contribution < -0.4 is 0 Å². The molecule has 0 fully saturated rings. The number of aryl methyl sites for hydroxylation is 6. The van der Waals surface area contributed by atoms with Gasteiger partial charge < -0.3 is 30.3 Å². The molecule has 0 bridgehead atoms. The number of hydrogen-bond acceptors (Lipinski definition) is 7. The summed E-state index contributed by atoms with van der Waals surface area (Å²) in [5, 5.41) is 50.6. The molecule has 8 heteroatoms. The van der Waals surface area contributed by atoms with Crippen LogP contribution in [-0.2, 0) is 38.0 Å². The van der Waals surface area contributed by atoms with Crippen molar-refractivity contribution in [3.05, 3.63) is 188 Å². The number of hydrogen-bond donors (Lipinski definition) is 5. The van der Waals surface area contributed by atoms with Gasteiger partial charge in [0.1, 0.15) is 0 Å². The lowest BCUT2D eigenvalue weighted by molar-refractivity contribution is -0.150. The third kappa shape index (κ3) is 14.4. The van der Waals surface area contributed by atoms with Gasteiger partial charge >= 0.3 is 11.9 Å². The fourth-order valence-electron chi connectivity index (χ4n) is 11.2. The molecule has 0 spiro atoms. The van der Waals surface area contributed by atoms with E-state index in [-0.39, 0.29) is 33.9 Å². The molecule has 0 amide bonds. The van der Waals surface area contributed by atoms with Crippen molar-refractivity contribution in [1.29, 1.82) is 0 Å². The molecule has 6 rings (SSSR count). The number of carbonyl (C=O) groups excluding carboxylic acids is 1. The number of carboxylic acids is 1. The molecular formula is C69H90O8. The Hall–Kier alpha value is -5.90. The maximum Gasteiger partial charge on any atom is 0.339 e. The monoisotopic (exact) mass is 1050 g/mol. The highest BCUT2D eigenvalue weighted by molar-refractivity contribution is 5.78. The van der Waals surface area contributed by atoms with Crippen LogP contribution in [0.25, 0.3) is 22.3 Å². The third-order valence-electron chi connectivity index (χ3n) is 16.8. The summed E-state index contributed by atoms with van der Waals surface area (Å²) < 4.78 is 4.71. The van der Waals surface area contributed by atoms with Gasteiger partial charge in [0.25, 0.3) is 0 Å². The van der Waals surface area contributed by atoms with Crippen LogP contribution in [-0.4, -0.2) is 56.8 Å². The number of benzene rings is 6. The molecule has 5 N–H and O–H groups in total. The van der Waals surface area contributed by atoms with Crippen LogP contribution in [0.4, 0.5) is 0 Å². The second kappa shape index (κ2) is 26.2. The van der Waals surface area contributed by atoms with Gasteiger partial charge in [-0.3, -0.25) is 0 Å². The molecule has 0 aromatic heterocycles. The van der Waals surface area contributed by atoms with Crippen LogP contribution in [0.15, 0.2) is 121 Å². The van der Waals surface area contributed by atoms with Crippen LogP contribution in [0.5, 0.6) is 0 Å². The lowest BCUT2D eigenvalue weighted by Gasteiger charge is -2.34. The zero-order valence-electron chi connectivity index (χ0n) is 49.0. The van der Waals surface area contributed by atoms with E-state index in [0.29, 0.717) is 11.1 Å². The lowest BCUT2D eigenvalue weighted by atomic mass is 9.69. The van der Waals surface area contributed by atoms with E-state index >= 15 is 0 Å². The van der Waals surface area contributed by atoms with E-state index in [0.717, 1.165) is 84.7 Å². The zero-order valence-corrected chi connectivity index (χ0v) is 49.0. The summed E-state index contributed by atoms with van der Waals surface area (Å²) in [6.07, 6.45) is 3.62. The Morgan fingerprint density at radius 3 is 1.10 bits per heavy atom. The van der Waals surface area contributed by atoms with Crippen LogP contribution in [0.3, 0.4) is 0 Å². The fraction of sp³-hybridized carbons (Fsp3) is 0.449. The zero-order chi connectivity index (χ0) is 57.2. The number of methoxy groups -OCH3 is 1. The third-order valence-corrected chi connectivity index (χ3v) is 16.8.